The first kappa shape index (κ1) is 26.3. The molecule has 1 fully saturated rings. The van der Waals surface area contributed by atoms with Gasteiger partial charge in [-0.1, -0.05) is 48.1 Å². The lowest BCUT2D eigenvalue weighted by Crippen LogP contribution is -2.47. The molecule has 3 aliphatic rings. The van der Waals surface area contributed by atoms with Crippen LogP contribution in [0.4, 0.5) is 11.5 Å². The number of benzene rings is 3. The van der Waals surface area contributed by atoms with E-state index >= 15 is 0 Å². The molecule has 1 saturated heterocycles. The Kier molecular flexibility index (Phi) is 7.04. The van der Waals surface area contributed by atoms with Crippen LogP contribution in [0.25, 0.3) is 27.2 Å². The molecule has 0 unspecified atom stereocenters. The zero-order valence-electron chi connectivity index (χ0n) is 24.7. The summed E-state index contributed by atoms with van der Waals surface area (Å²) >= 11 is 0. The Morgan fingerprint density at radius 3 is 2.61 bits per heavy atom. The molecule has 0 spiro atoms. The number of nitrogen functional groups attached to an aromatic ring is 1. The molecule has 4 nitrogen and oxygen atoms in total. The van der Waals surface area contributed by atoms with E-state index in [4.69, 9.17) is 10.7 Å². The van der Waals surface area contributed by atoms with E-state index in [9.17, 15) is 0 Å². The third-order valence-corrected chi connectivity index (χ3v) is 9.74. The number of nitrogens with two attached hydrogens (primary N) is 1. The van der Waals surface area contributed by atoms with E-state index in [1.54, 1.807) is 5.57 Å². The predicted octanol–water partition coefficient (Wildman–Crippen LogP) is 7.78. The molecule has 2 aliphatic carbocycles. The molecule has 0 radical (unpaired) electrons. The van der Waals surface area contributed by atoms with Gasteiger partial charge in [0, 0.05) is 37.3 Å². The third kappa shape index (κ3) is 5.04. The number of piperazine rings is 1. The van der Waals surface area contributed by atoms with Crippen molar-refractivity contribution in [3.05, 3.63) is 94.1 Å². The number of aromatic nitrogens is 1. The van der Waals surface area contributed by atoms with E-state index in [0.717, 1.165) is 62.6 Å². The first-order chi connectivity index (χ1) is 20.0. The molecule has 0 atom stereocenters. The molecule has 2 heterocycles. The maximum absolute atomic E-state index is 6.65. The van der Waals surface area contributed by atoms with Crippen LogP contribution in [0.2, 0.25) is 0 Å². The summed E-state index contributed by atoms with van der Waals surface area (Å²) in [7, 11) is 0. The Balaban J connectivity index is 0.950. The SMILES string of the molecule is Cc1cc(N2CCN(CCCCc3cc4ccc5c(c4cc3N)CCC3=C5C=CCC3)CC2)nc2c(C)cccc12. The summed E-state index contributed by atoms with van der Waals surface area (Å²) in [4.78, 5) is 10.1. The molecule has 4 heteroatoms. The fourth-order valence-corrected chi connectivity index (χ4v) is 7.32. The molecule has 7 rings (SSSR count). The lowest BCUT2D eigenvalue weighted by atomic mass is 9.79. The molecule has 41 heavy (non-hydrogen) atoms. The van der Waals surface area contributed by atoms with E-state index in [-0.39, 0.29) is 0 Å². The number of allylic oxidation sites excluding steroid dienone is 4. The van der Waals surface area contributed by atoms with Gasteiger partial charge in [-0.05, 0) is 128 Å². The highest BCUT2D eigenvalue weighted by molar-refractivity contribution is 5.96. The van der Waals surface area contributed by atoms with Crippen LogP contribution in [0, 0.1) is 13.8 Å². The summed E-state index contributed by atoms with van der Waals surface area (Å²) in [6, 6.07) is 18.1. The Morgan fingerprint density at radius 1 is 0.854 bits per heavy atom. The minimum absolute atomic E-state index is 0.965. The van der Waals surface area contributed by atoms with Crippen molar-refractivity contribution >= 4 is 38.8 Å². The summed E-state index contributed by atoms with van der Waals surface area (Å²) < 4.78 is 0. The number of rotatable bonds is 6. The fourth-order valence-electron chi connectivity index (χ4n) is 7.32. The van der Waals surface area contributed by atoms with Crippen LogP contribution in [0.5, 0.6) is 0 Å². The van der Waals surface area contributed by atoms with Crippen molar-refractivity contribution in [3.63, 3.8) is 0 Å². The number of para-hydroxylation sites is 1. The highest BCUT2D eigenvalue weighted by atomic mass is 15.3. The van der Waals surface area contributed by atoms with Gasteiger partial charge in [0.2, 0.25) is 0 Å². The molecule has 0 saturated carbocycles. The fraction of sp³-hybridized carbons (Fsp3) is 0.378. The summed E-state index contributed by atoms with van der Waals surface area (Å²) in [5, 5.41) is 3.98. The molecule has 210 valence electrons. The Bertz CT molecular complexity index is 1690. The monoisotopic (exact) mass is 542 g/mol. The van der Waals surface area contributed by atoms with Gasteiger partial charge in [0.1, 0.15) is 5.82 Å². The van der Waals surface area contributed by atoms with Crippen LogP contribution in [0.1, 0.15) is 59.9 Å². The molecule has 4 aromatic rings. The minimum atomic E-state index is 0.965. The average molecular weight is 543 g/mol. The Hall–Kier alpha value is -3.63. The quantitative estimate of drug-likeness (QED) is 0.200. The van der Waals surface area contributed by atoms with Gasteiger partial charge < -0.3 is 10.6 Å². The maximum atomic E-state index is 6.65. The van der Waals surface area contributed by atoms with Crippen molar-refractivity contribution in [1.82, 2.24) is 9.88 Å². The van der Waals surface area contributed by atoms with Crippen molar-refractivity contribution in [3.8, 4) is 0 Å². The van der Waals surface area contributed by atoms with Gasteiger partial charge in [-0.2, -0.15) is 0 Å². The van der Waals surface area contributed by atoms with Crippen LogP contribution in [0.15, 0.2) is 66.3 Å². The maximum Gasteiger partial charge on any atom is 0.129 e. The number of fused-ring (bicyclic) bond motifs is 5. The highest BCUT2D eigenvalue weighted by Gasteiger charge is 2.22. The van der Waals surface area contributed by atoms with Gasteiger partial charge >= 0.3 is 0 Å². The molecule has 0 bridgehead atoms. The van der Waals surface area contributed by atoms with E-state index in [1.165, 1.54) is 81.7 Å². The molecule has 1 aromatic heterocycles. The topological polar surface area (TPSA) is 45.4 Å². The van der Waals surface area contributed by atoms with Gasteiger partial charge in [0.05, 0.1) is 5.52 Å². The van der Waals surface area contributed by atoms with Crippen LogP contribution in [-0.2, 0) is 12.8 Å². The molecule has 3 aromatic carbocycles. The second kappa shape index (κ2) is 11.0. The van der Waals surface area contributed by atoms with Gasteiger partial charge in [0.15, 0.2) is 0 Å². The minimum Gasteiger partial charge on any atom is -0.398 e. The van der Waals surface area contributed by atoms with Crippen LogP contribution in [-0.4, -0.2) is 42.6 Å². The number of hydrogen-bond acceptors (Lipinski definition) is 4. The van der Waals surface area contributed by atoms with E-state index in [2.05, 4.69) is 84.3 Å². The van der Waals surface area contributed by atoms with E-state index < -0.39 is 0 Å². The first-order valence-corrected chi connectivity index (χ1v) is 15.6. The molecule has 2 N–H and O–H groups in total. The molecule has 1 aliphatic heterocycles. The number of hydrogen-bond donors (Lipinski definition) is 1. The van der Waals surface area contributed by atoms with Crippen molar-refractivity contribution in [1.29, 1.82) is 0 Å². The van der Waals surface area contributed by atoms with Gasteiger partial charge in [0.25, 0.3) is 0 Å². The smallest absolute Gasteiger partial charge is 0.129 e. The predicted molar refractivity (Wildman–Crippen MR) is 175 cm³/mol. The van der Waals surface area contributed by atoms with Crippen molar-refractivity contribution in [2.75, 3.05) is 43.4 Å². The number of nitrogens with zero attached hydrogens (tertiary/aromatic N) is 3. The van der Waals surface area contributed by atoms with Gasteiger partial charge in [-0.3, -0.25) is 4.90 Å². The summed E-state index contributed by atoms with van der Waals surface area (Å²) in [5.41, 5.74) is 18.7. The van der Waals surface area contributed by atoms with Crippen LogP contribution >= 0.6 is 0 Å². The largest absolute Gasteiger partial charge is 0.398 e. The van der Waals surface area contributed by atoms with E-state index in [1.807, 2.05) is 0 Å². The number of pyridine rings is 1. The average Bonchev–Trinajstić information content (AvgIpc) is 3.00. The van der Waals surface area contributed by atoms with Crippen LogP contribution < -0.4 is 10.6 Å². The summed E-state index contributed by atoms with van der Waals surface area (Å²) in [5.74, 6) is 1.13. The molecular formula is C37H42N4. The van der Waals surface area contributed by atoms with Gasteiger partial charge in [-0.15, -0.1) is 0 Å². The second-order valence-corrected chi connectivity index (χ2v) is 12.4. The second-order valence-electron chi connectivity index (χ2n) is 12.4. The lowest BCUT2D eigenvalue weighted by Gasteiger charge is -2.35. The zero-order chi connectivity index (χ0) is 27.9. The van der Waals surface area contributed by atoms with Crippen LogP contribution in [0.3, 0.4) is 0 Å². The number of aryl methyl sites for hydroxylation is 4. The molecule has 0 amide bonds. The summed E-state index contributed by atoms with van der Waals surface area (Å²) in [6.07, 6.45) is 12.9. The lowest BCUT2D eigenvalue weighted by molar-refractivity contribution is 0.252. The van der Waals surface area contributed by atoms with E-state index in [0.29, 0.717) is 0 Å². The third-order valence-electron chi connectivity index (χ3n) is 9.74. The first-order valence-electron chi connectivity index (χ1n) is 15.6. The van der Waals surface area contributed by atoms with Crippen molar-refractivity contribution in [2.45, 2.75) is 58.8 Å². The highest BCUT2D eigenvalue weighted by Crippen LogP contribution is 2.40. The number of unbranched alkanes of at least 4 members (excludes halogenated alkanes) is 1. The van der Waals surface area contributed by atoms with Crippen molar-refractivity contribution < 1.29 is 0 Å². The number of anilines is 2. The van der Waals surface area contributed by atoms with Crippen molar-refractivity contribution in [2.24, 2.45) is 0 Å². The normalized spacial score (nSPS) is 17.4. The standard InChI is InChI=1S/C37H42N4/c1-25-8-7-12-30-26(2)22-36(39-37(25)30)41-20-18-40(19-21-41)17-6-5-10-29-23-28-14-16-32-31-11-4-3-9-27(31)13-15-33(32)34(28)24-35(29)38/h4,7-8,11-12,14,16,22-24H,3,5-6,9-10,13,15,17-21,38H2,1-2H3. The molecular weight excluding hydrogens is 500 g/mol. The summed E-state index contributed by atoms with van der Waals surface area (Å²) in [6.45, 7) is 9.81. The van der Waals surface area contributed by atoms with Gasteiger partial charge in [-0.25, -0.2) is 4.98 Å². The Labute approximate surface area is 244 Å². The zero-order valence-corrected chi connectivity index (χ0v) is 24.7. The Morgan fingerprint density at radius 2 is 1.73 bits per heavy atom.